The number of thiazole rings is 1. The number of hydrogen-bond acceptors (Lipinski definition) is 4. The van der Waals surface area contributed by atoms with E-state index in [0.717, 1.165) is 41.4 Å². The van der Waals surface area contributed by atoms with E-state index in [9.17, 15) is 4.79 Å². The van der Waals surface area contributed by atoms with Crippen LogP contribution in [0.2, 0.25) is 0 Å². The van der Waals surface area contributed by atoms with Gasteiger partial charge in [0.1, 0.15) is 5.01 Å². The van der Waals surface area contributed by atoms with Crippen LogP contribution in [0.5, 0.6) is 0 Å². The van der Waals surface area contributed by atoms with Crippen LogP contribution >= 0.6 is 11.3 Å². The van der Waals surface area contributed by atoms with Crippen molar-refractivity contribution in [3.05, 3.63) is 29.3 Å². The molecule has 0 spiro atoms. The molecule has 22 heavy (non-hydrogen) atoms. The first-order chi connectivity index (χ1) is 10.8. The minimum atomic E-state index is -0.0198. The lowest BCUT2D eigenvalue weighted by Gasteiger charge is -2.23. The number of carbonyl (C=O) groups excluding carboxylic acids is 1. The standard InChI is InChI=1S/C16H21N3O2S/c1-2-19(10-12-7-8-21-11-12)16(20)17-9-15-18-13-5-3-4-6-14(13)22-15/h3-6,12H,2,7-11H2,1H3,(H,17,20)/t12-/m1/s1. The maximum atomic E-state index is 12.3. The van der Waals surface area contributed by atoms with Crippen LogP contribution in [-0.2, 0) is 11.3 Å². The number of aromatic nitrogens is 1. The number of carbonyl (C=O) groups is 1. The van der Waals surface area contributed by atoms with E-state index in [-0.39, 0.29) is 6.03 Å². The normalized spacial score (nSPS) is 17.8. The van der Waals surface area contributed by atoms with Gasteiger partial charge in [-0.15, -0.1) is 11.3 Å². The maximum Gasteiger partial charge on any atom is 0.317 e. The van der Waals surface area contributed by atoms with Crippen molar-refractivity contribution in [3.63, 3.8) is 0 Å². The largest absolute Gasteiger partial charge is 0.381 e. The van der Waals surface area contributed by atoms with Crippen LogP contribution < -0.4 is 5.32 Å². The smallest absolute Gasteiger partial charge is 0.317 e. The van der Waals surface area contributed by atoms with E-state index < -0.39 is 0 Å². The fraction of sp³-hybridized carbons (Fsp3) is 0.500. The van der Waals surface area contributed by atoms with Gasteiger partial charge in [0.05, 0.1) is 23.4 Å². The fourth-order valence-corrected chi connectivity index (χ4v) is 3.56. The number of benzene rings is 1. The number of para-hydroxylation sites is 1. The monoisotopic (exact) mass is 319 g/mol. The molecule has 3 rings (SSSR count). The van der Waals surface area contributed by atoms with Gasteiger partial charge in [0, 0.05) is 25.6 Å². The molecule has 0 saturated carbocycles. The number of nitrogens with one attached hydrogen (secondary N) is 1. The third-order valence-electron chi connectivity index (χ3n) is 3.90. The molecule has 1 aliphatic heterocycles. The Kier molecular flexibility index (Phi) is 4.90. The third kappa shape index (κ3) is 3.56. The summed E-state index contributed by atoms with van der Waals surface area (Å²) in [5.74, 6) is 0.466. The molecule has 0 bridgehead atoms. The molecule has 2 heterocycles. The van der Waals surface area contributed by atoms with Crippen LogP contribution in [0, 0.1) is 5.92 Å². The van der Waals surface area contributed by atoms with Crippen LogP contribution in [0.3, 0.4) is 0 Å². The van der Waals surface area contributed by atoms with Gasteiger partial charge < -0.3 is 15.0 Å². The highest BCUT2D eigenvalue weighted by Gasteiger charge is 2.21. The fourth-order valence-electron chi connectivity index (χ4n) is 2.65. The van der Waals surface area contributed by atoms with E-state index in [1.165, 1.54) is 0 Å². The summed E-state index contributed by atoms with van der Waals surface area (Å²) in [5, 5.41) is 3.92. The van der Waals surface area contributed by atoms with Crippen molar-refractivity contribution in [2.45, 2.75) is 19.9 Å². The molecule has 1 atom stereocenters. The minimum Gasteiger partial charge on any atom is -0.381 e. The van der Waals surface area contributed by atoms with Crippen molar-refractivity contribution in [2.24, 2.45) is 5.92 Å². The Bertz CT molecular complexity index is 604. The van der Waals surface area contributed by atoms with Crippen molar-refractivity contribution < 1.29 is 9.53 Å². The summed E-state index contributed by atoms with van der Waals surface area (Å²) in [6.45, 7) is 5.55. The topological polar surface area (TPSA) is 54.5 Å². The van der Waals surface area contributed by atoms with Gasteiger partial charge >= 0.3 is 6.03 Å². The molecule has 0 aliphatic carbocycles. The first kappa shape index (κ1) is 15.2. The van der Waals surface area contributed by atoms with Crippen molar-refractivity contribution in [1.29, 1.82) is 0 Å². The number of hydrogen-bond donors (Lipinski definition) is 1. The van der Waals surface area contributed by atoms with E-state index in [0.29, 0.717) is 19.0 Å². The lowest BCUT2D eigenvalue weighted by molar-refractivity contribution is 0.166. The molecule has 1 saturated heterocycles. The summed E-state index contributed by atoms with van der Waals surface area (Å²) < 4.78 is 6.53. The summed E-state index contributed by atoms with van der Waals surface area (Å²) in [6, 6.07) is 8.01. The Hall–Kier alpha value is -1.66. The molecule has 2 amide bonds. The summed E-state index contributed by atoms with van der Waals surface area (Å²) in [7, 11) is 0. The molecule has 0 unspecified atom stereocenters. The first-order valence-corrected chi connectivity index (χ1v) is 8.53. The average molecular weight is 319 g/mol. The molecule has 0 radical (unpaired) electrons. The third-order valence-corrected chi connectivity index (χ3v) is 4.94. The van der Waals surface area contributed by atoms with Gasteiger partial charge in [-0.05, 0) is 25.5 Å². The Labute approximate surface area is 134 Å². The molecule has 1 fully saturated rings. The van der Waals surface area contributed by atoms with E-state index in [1.54, 1.807) is 11.3 Å². The zero-order chi connectivity index (χ0) is 15.4. The van der Waals surface area contributed by atoms with Gasteiger partial charge in [0.25, 0.3) is 0 Å². The average Bonchev–Trinajstić information content (AvgIpc) is 3.18. The molecule has 1 aromatic carbocycles. The molecule has 1 aliphatic rings. The second kappa shape index (κ2) is 7.07. The lowest BCUT2D eigenvalue weighted by atomic mass is 10.1. The van der Waals surface area contributed by atoms with Gasteiger partial charge in [-0.25, -0.2) is 9.78 Å². The quantitative estimate of drug-likeness (QED) is 0.922. The summed E-state index contributed by atoms with van der Waals surface area (Å²) in [5.41, 5.74) is 0.993. The van der Waals surface area contributed by atoms with Crippen molar-refractivity contribution in [1.82, 2.24) is 15.2 Å². The van der Waals surface area contributed by atoms with Crippen LogP contribution in [-0.4, -0.2) is 42.2 Å². The minimum absolute atomic E-state index is 0.0198. The van der Waals surface area contributed by atoms with Crippen LogP contribution in [0.4, 0.5) is 4.79 Å². The van der Waals surface area contributed by atoms with Crippen molar-refractivity contribution in [3.8, 4) is 0 Å². The molecule has 1 aromatic heterocycles. The van der Waals surface area contributed by atoms with Crippen LogP contribution in [0.15, 0.2) is 24.3 Å². The Morgan fingerprint density at radius 2 is 2.36 bits per heavy atom. The molecule has 118 valence electrons. The second-order valence-electron chi connectivity index (χ2n) is 5.50. The number of fused-ring (bicyclic) bond motifs is 1. The zero-order valence-corrected chi connectivity index (χ0v) is 13.6. The zero-order valence-electron chi connectivity index (χ0n) is 12.7. The molecular weight excluding hydrogens is 298 g/mol. The van der Waals surface area contributed by atoms with E-state index in [4.69, 9.17) is 4.74 Å². The predicted octanol–water partition coefficient (Wildman–Crippen LogP) is 2.86. The van der Waals surface area contributed by atoms with Crippen molar-refractivity contribution in [2.75, 3.05) is 26.3 Å². The number of nitrogens with zero attached hydrogens (tertiary/aromatic N) is 2. The second-order valence-corrected chi connectivity index (χ2v) is 6.62. The molecule has 1 N–H and O–H groups in total. The van der Waals surface area contributed by atoms with Crippen molar-refractivity contribution >= 4 is 27.6 Å². The van der Waals surface area contributed by atoms with E-state index in [2.05, 4.69) is 16.4 Å². The molecule has 6 heteroatoms. The highest BCUT2D eigenvalue weighted by Crippen LogP contribution is 2.21. The first-order valence-electron chi connectivity index (χ1n) is 7.71. The number of urea groups is 1. The van der Waals surface area contributed by atoms with Gasteiger partial charge in [-0.3, -0.25) is 0 Å². The summed E-state index contributed by atoms with van der Waals surface area (Å²) in [6.07, 6.45) is 1.04. The van der Waals surface area contributed by atoms with Gasteiger partial charge in [-0.1, -0.05) is 12.1 Å². The molecule has 5 nitrogen and oxygen atoms in total. The number of rotatable bonds is 5. The van der Waals surface area contributed by atoms with Gasteiger partial charge in [0.15, 0.2) is 0 Å². The number of ether oxygens (including phenoxy) is 1. The SMILES string of the molecule is CCN(C[C@H]1CCOC1)C(=O)NCc1nc2ccccc2s1. The van der Waals surface area contributed by atoms with E-state index in [1.807, 2.05) is 30.0 Å². The van der Waals surface area contributed by atoms with Gasteiger partial charge in [-0.2, -0.15) is 0 Å². The number of amides is 2. The molecular formula is C16H21N3O2S. The van der Waals surface area contributed by atoms with Crippen LogP contribution in [0.1, 0.15) is 18.4 Å². The lowest BCUT2D eigenvalue weighted by Crippen LogP contribution is -2.42. The van der Waals surface area contributed by atoms with E-state index >= 15 is 0 Å². The predicted molar refractivity (Wildman–Crippen MR) is 88.0 cm³/mol. The Balaban J connectivity index is 1.55. The summed E-state index contributed by atoms with van der Waals surface area (Å²) in [4.78, 5) is 18.7. The molecule has 2 aromatic rings. The highest BCUT2D eigenvalue weighted by atomic mass is 32.1. The Morgan fingerprint density at radius 3 is 3.09 bits per heavy atom. The highest BCUT2D eigenvalue weighted by molar-refractivity contribution is 7.18. The Morgan fingerprint density at radius 1 is 1.50 bits per heavy atom. The maximum absolute atomic E-state index is 12.3. The van der Waals surface area contributed by atoms with Crippen LogP contribution in [0.25, 0.3) is 10.2 Å². The van der Waals surface area contributed by atoms with Gasteiger partial charge in [0.2, 0.25) is 0 Å². The summed E-state index contributed by atoms with van der Waals surface area (Å²) >= 11 is 1.63.